The summed E-state index contributed by atoms with van der Waals surface area (Å²) in [5.74, 6) is 0. The van der Waals surface area contributed by atoms with E-state index in [0.29, 0.717) is 0 Å². The summed E-state index contributed by atoms with van der Waals surface area (Å²) in [6, 6.07) is 67.5. The second kappa shape index (κ2) is 12.3. The van der Waals surface area contributed by atoms with E-state index in [9.17, 15) is 0 Å². The SMILES string of the molecule is Cc1ccc(N(c2ccc(-c3ccc(N(c4ccccc4)c4ccc5ccccc5c4)cc3)cc2)c2cccc3ccccc23)cc1. The minimum atomic E-state index is 1.12. The van der Waals surface area contributed by atoms with Crippen LogP contribution in [0.1, 0.15) is 5.56 Å². The Kier molecular flexibility index (Phi) is 7.45. The Balaban J connectivity index is 1.15. The van der Waals surface area contributed by atoms with Crippen LogP contribution >= 0.6 is 0 Å². The molecular weight excluding hydrogens is 569 g/mol. The molecule has 47 heavy (non-hydrogen) atoms. The largest absolute Gasteiger partial charge is 0.310 e. The van der Waals surface area contributed by atoms with E-state index in [4.69, 9.17) is 0 Å². The topological polar surface area (TPSA) is 6.48 Å². The van der Waals surface area contributed by atoms with E-state index < -0.39 is 0 Å². The van der Waals surface area contributed by atoms with E-state index in [2.05, 4.69) is 205 Å². The summed E-state index contributed by atoms with van der Waals surface area (Å²) in [5, 5.41) is 4.92. The van der Waals surface area contributed by atoms with Gasteiger partial charge in [-0.05, 0) is 101 Å². The van der Waals surface area contributed by atoms with Gasteiger partial charge in [0.05, 0.1) is 5.69 Å². The Labute approximate surface area is 276 Å². The predicted molar refractivity (Wildman–Crippen MR) is 201 cm³/mol. The minimum absolute atomic E-state index is 1.12. The first-order chi connectivity index (χ1) is 23.2. The molecule has 0 unspecified atom stereocenters. The molecule has 224 valence electrons. The van der Waals surface area contributed by atoms with Crippen molar-refractivity contribution in [2.75, 3.05) is 9.80 Å². The average Bonchev–Trinajstić information content (AvgIpc) is 3.14. The van der Waals surface area contributed by atoms with Gasteiger partial charge in [-0.25, -0.2) is 0 Å². The van der Waals surface area contributed by atoms with Gasteiger partial charge in [-0.15, -0.1) is 0 Å². The van der Waals surface area contributed by atoms with Gasteiger partial charge >= 0.3 is 0 Å². The second-order valence-electron chi connectivity index (χ2n) is 12.0. The van der Waals surface area contributed by atoms with Crippen LogP contribution in [0.3, 0.4) is 0 Å². The molecule has 0 bridgehead atoms. The zero-order chi connectivity index (χ0) is 31.6. The van der Waals surface area contributed by atoms with Crippen molar-refractivity contribution in [2.45, 2.75) is 6.92 Å². The molecule has 8 aromatic rings. The van der Waals surface area contributed by atoms with Gasteiger partial charge in [0.25, 0.3) is 0 Å². The van der Waals surface area contributed by atoms with Gasteiger partial charge in [-0.1, -0.05) is 127 Å². The first-order valence-corrected chi connectivity index (χ1v) is 16.1. The Morgan fingerprint density at radius 1 is 0.319 bits per heavy atom. The predicted octanol–water partition coefficient (Wildman–Crippen LogP) is 12.9. The summed E-state index contributed by atoms with van der Waals surface area (Å²) in [5.41, 5.74) is 10.4. The number of anilines is 6. The molecule has 0 fully saturated rings. The Bertz CT molecular complexity index is 2280. The summed E-state index contributed by atoms with van der Waals surface area (Å²) in [6.07, 6.45) is 0. The van der Waals surface area contributed by atoms with Gasteiger partial charge in [-0.3, -0.25) is 0 Å². The van der Waals surface area contributed by atoms with Gasteiger partial charge in [0.15, 0.2) is 0 Å². The monoisotopic (exact) mass is 602 g/mol. The fourth-order valence-electron chi connectivity index (χ4n) is 6.47. The molecule has 0 amide bonds. The zero-order valence-corrected chi connectivity index (χ0v) is 26.3. The number of rotatable bonds is 7. The van der Waals surface area contributed by atoms with Crippen LogP contribution in [0, 0.1) is 6.92 Å². The van der Waals surface area contributed by atoms with E-state index in [0.717, 1.165) is 28.4 Å². The molecule has 8 aromatic carbocycles. The van der Waals surface area contributed by atoms with Crippen molar-refractivity contribution in [1.29, 1.82) is 0 Å². The molecule has 0 radical (unpaired) electrons. The van der Waals surface area contributed by atoms with Crippen LogP contribution in [-0.4, -0.2) is 0 Å². The summed E-state index contributed by atoms with van der Waals surface area (Å²) < 4.78 is 0. The van der Waals surface area contributed by atoms with Crippen molar-refractivity contribution in [1.82, 2.24) is 0 Å². The molecule has 0 spiro atoms. The van der Waals surface area contributed by atoms with E-state index in [1.165, 1.54) is 43.9 Å². The van der Waals surface area contributed by atoms with Crippen LogP contribution in [0.25, 0.3) is 32.7 Å². The van der Waals surface area contributed by atoms with Crippen molar-refractivity contribution >= 4 is 55.7 Å². The number of para-hydroxylation sites is 1. The molecule has 0 aromatic heterocycles. The normalized spacial score (nSPS) is 11.1. The molecule has 0 saturated carbocycles. The standard InChI is InChI=1S/C45H34N2/c1-33-18-25-41(26-19-33)47(45-17-9-13-37-11-7-8-16-44(37)45)42-29-22-36(23-30-42)35-20-27-40(28-21-35)46(39-14-3-2-4-15-39)43-31-24-34-10-5-6-12-38(34)32-43/h2-32H,1H3. The maximum atomic E-state index is 2.36. The lowest BCUT2D eigenvalue weighted by Gasteiger charge is -2.27. The zero-order valence-electron chi connectivity index (χ0n) is 26.3. The third kappa shape index (κ3) is 5.62. The molecule has 0 aliphatic rings. The van der Waals surface area contributed by atoms with Crippen molar-refractivity contribution in [3.63, 3.8) is 0 Å². The molecule has 2 nitrogen and oxygen atoms in total. The maximum Gasteiger partial charge on any atom is 0.0540 e. The molecule has 0 saturated heterocycles. The first kappa shape index (κ1) is 28.4. The molecule has 0 N–H and O–H groups in total. The highest BCUT2D eigenvalue weighted by Gasteiger charge is 2.16. The number of benzene rings is 8. The molecular formula is C45H34N2. The molecule has 0 heterocycles. The number of hydrogen-bond acceptors (Lipinski definition) is 2. The number of hydrogen-bond donors (Lipinski definition) is 0. The molecule has 0 atom stereocenters. The highest BCUT2D eigenvalue weighted by molar-refractivity contribution is 5.99. The van der Waals surface area contributed by atoms with Crippen molar-refractivity contribution in [2.24, 2.45) is 0 Å². The third-order valence-corrected chi connectivity index (χ3v) is 8.89. The summed E-state index contributed by atoms with van der Waals surface area (Å²) in [7, 11) is 0. The molecule has 2 heteroatoms. The van der Waals surface area contributed by atoms with Gasteiger partial charge in [0, 0.05) is 33.8 Å². The smallest absolute Gasteiger partial charge is 0.0540 e. The third-order valence-electron chi connectivity index (χ3n) is 8.89. The number of fused-ring (bicyclic) bond motifs is 2. The Hall–Kier alpha value is -6.12. The fourth-order valence-corrected chi connectivity index (χ4v) is 6.47. The lowest BCUT2D eigenvalue weighted by molar-refractivity contribution is 1.28. The van der Waals surface area contributed by atoms with Crippen LogP contribution in [0.4, 0.5) is 34.1 Å². The lowest BCUT2D eigenvalue weighted by Crippen LogP contribution is -2.10. The fraction of sp³-hybridized carbons (Fsp3) is 0.0222. The van der Waals surface area contributed by atoms with Gasteiger partial charge in [-0.2, -0.15) is 0 Å². The molecule has 8 rings (SSSR count). The highest BCUT2D eigenvalue weighted by Crippen LogP contribution is 2.40. The molecule has 0 aliphatic carbocycles. The lowest BCUT2D eigenvalue weighted by atomic mass is 10.0. The van der Waals surface area contributed by atoms with Gasteiger partial charge in [0.2, 0.25) is 0 Å². The van der Waals surface area contributed by atoms with Gasteiger partial charge < -0.3 is 9.80 Å². The van der Waals surface area contributed by atoms with Crippen LogP contribution in [0.2, 0.25) is 0 Å². The number of aryl methyl sites for hydroxylation is 1. The Morgan fingerprint density at radius 2 is 0.809 bits per heavy atom. The van der Waals surface area contributed by atoms with Crippen molar-refractivity contribution in [3.8, 4) is 11.1 Å². The second-order valence-corrected chi connectivity index (χ2v) is 12.0. The maximum absolute atomic E-state index is 2.36. The van der Waals surface area contributed by atoms with Crippen molar-refractivity contribution in [3.05, 3.63) is 194 Å². The van der Waals surface area contributed by atoms with E-state index in [1.54, 1.807) is 0 Å². The van der Waals surface area contributed by atoms with E-state index >= 15 is 0 Å². The van der Waals surface area contributed by atoms with Crippen LogP contribution < -0.4 is 9.80 Å². The Morgan fingerprint density at radius 3 is 1.49 bits per heavy atom. The highest BCUT2D eigenvalue weighted by atomic mass is 15.1. The molecule has 0 aliphatic heterocycles. The summed E-state index contributed by atoms with van der Waals surface area (Å²) in [4.78, 5) is 4.68. The average molecular weight is 603 g/mol. The minimum Gasteiger partial charge on any atom is -0.310 e. The van der Waals surface area contributed by atoms with Gasteiger partial charge in [0.1, 0.15) is 0 Å². The quantitative estimate of drug-likeness (QED) is 0.179. The van der Waals surface area contributed by atoms with Crippen LogP contribution in [0.15, 0.2) is 188 Å². The van der Waals surface area contributed by atoms with Crippen molar-refractivity contribution < 1.29 is 0 Å². The van der Waals surface area contributed by atoms with E-state index in [-0.39, 0.29) is 0 Å². The summed E-state index contributed by atoms with van der Waals surface area (Å²) >= 11 is 0. The first-order valence-electron chi connectivity index (χ1n) is 16.1. The van der Waals surface area contributed by atoms with Crippen LogP contribution in [-0.2, 0) is 0 Å². The van der Waals surface area contributed by atoms with Crippen LogP contribution in [0.5, 0.6) is 0 Å². The summed E-state index contributed by atoms with van der Waals surface area (Å²) in [6.45, 7) is 2.13. The number of nitrogens with zero attached hydrogens (tertiary/aromatic N) is 2. The van der Waals surface area contributed by atoms with E-state index in [1.807, 2.05) is 0 Å².